The van der Waals surface area contributed by atoms with E-state index in [9.17, 15) is 9.59 Å². The second-order valence-corrected chi connectivity index (χ2v) is 9.16. The Balaban J connectivity index is 1.60. The van der Waals surface area contributed by atoms with Crippen LogP contribution in [0.1, 0.15) is 17.2 Å². The van der Waals surface area contributed by atoms with E-state index < -0.39 is 6.04 Å². The number of amides is 1. The Morgan fingerprint density at radius 2 is 1.39 bits per heavy atom. The van der Waals surface area contributed by atoms with Gasteiger partial charge < -0.3 is 5.32 Å². The summed E-state index contributed by atoms with van der Waals surface area (Å²) in [7, 11) is 0. The quantitative estimate of drug-likeness (QED) is 0.303. The van der Waals surface area contributed by atoms with E-state index in [1.165, 1.54) is 0 Å². The zero-order valence-corrected chi connectivity index (χ0v) is 20.6. The van der Waals surface area contributed by atoms with Crippen molar-refractivity contribution in [2.45, 2.75) is 12.6 Å². The number of hydrogen-bond acceptors (Lipinski definition) is 3. The number of nitrogens with zero attached hydrogens (tertiary/aromatic N) is 2. The maximum atomic E-state index is 14.2. The SMILES string of the molecule is O=C(NCc1ccccc1)C(c1cccc2ccccc12)n1c(=O)c(-c2ccccc2)nc2ccccc21. The number of rotatable bonds is 6. The van der Waals surface area contributed by atoms with Crippen LogP contribution in [0.4, 0.5) is 0 Å². The molecule has 0 radical (unpaired) electrons. The van der Waals surface area contributed by atoms with Gasteiger partial charge in [-0.25, -0.2) is 4.98 Å². The number of nitrogens with one attached hydrogen (secondary N) is 1. The highest BCUT2D eigenvalue weighted by Gasteiger charge is 2.28. The lowest BCUT2D eigenvalue weighted by molar-refractivity contribution is -0.123. The Morgan fingerprint density at radius 1 is 0.737 bits per heavy atom. The molecule has 5 nitrogen and oxygen atoms in total. The van der Waals surface area contributed by atoms with E-state index in [2.05, 4.69) is 5.32 Å². The zero-order valence-electron chi connectivity index (χ0n) is 20.6. The number of carbonyl (C=O) groups excluding carboxylic acids is 1. The van der Waals surface area contributed by atoms with Gasteiger partial charge in [-0.2, -0.15) is 0 Å². The van der Waals surface area contributed by atoms with Crippen LogP contribution in [0.3, 0.4) is 0 Å². The smallest absolute Gasteiger partial charge is 0.278 e. The molecule has 38 heavy (non-hydrogen) atoms. The first-order chi connectivity index (χ1) is 18.7. The molecule has 0 aliphatic rings. The number of para-hydroxylation sites is 2. The number of hydrogen-bond donors (Lipinski definition) is 1. The maximum absolute atomic E-state index is 14.2. The van der Waals surface area contributed by atoms with E-state index in [0.717, 1.165) is 21.9 Å². The summed E-state index contributed by atoms with van der Waals surface area (Å²) >= 11 is 0. The Bertz CT molecular complexity index is 1810. The Morgan fingerprint density at radius 3 is 2.21 bits per heavy atom. The zero-order chi connectivity index (χ0) is 25.9. The van der Waals surface area contributed by atoms with Crippen molar-refractivity contribution in [2.24, 2.45) is 0 Å². The van der Waals surface area contributed by atoms with E-state index >= 15 is 0 Å². The first kappa shape index (κ1) is 23.4. The number of fused-ring (bicyclic) bond motifs is 2. The van der Waals surface area contributed by atoms with Crippen LogP contribution < -0.4 is 10.9 Å². The molecule has 0 fully saturated rings. The Kier molecular flexibility index (Phi) is 6.24. The fraction of sp³-hybridized carbons (Fsp3) is 0.0606. The summed E-state index contributed by atoms with van der Waals surface area (Å²) in [4.78, 5) is 33.1. The standard InChI is InChI=1S/C33H25N3O2/c37-32(34-22-23-12-3-1-4-13-23)31(27-19-11-17-24-14-7-8-18-26(24)27)36-29-21-10-9-20-28(29)35-30(33(36)38)25-15-5-2-6-16-25/h1-21,31H,22H2,(H,34,37). The van der Waals surface area contributed by atoms with Gasteiger partial charge in [-0.1, -0.05) is 115 Å². The summed E-state index contributed by atoms with van der Waals surface area (Å²) in [5, 5.41) is 5.01. The third-order valence-electron chi connectivity index (χ3n) is 6.78. The highest BCUT2D eigenvalue weighted by Crippen LogP contribution is 2.30. The lowest BCUT2D eigenvalue weighted by atomic mass is 9.97. The van der Waals surface area contributed by atoms with Crippen molar-refractivity contribution in [3.63, 3.8) is 0 Å². The van der Waals surface area contributed by atoms with Gasteiger partial charge in [0, 0.05) is 12.1 Å². The molecule has 5 aromatic carbocycles. The molecule has 0 saturated carbocycles. The highest BCUT2D eigenvalue weighted by molar-refractivity contribution is 5.94. The molecule has 0 aliphatic carbocycles. The van der Waals surface area contributed by atoms with E-state index in [1.807, 2.05) is 127 Å². The number of carbonyl (C=O) groups is 1. The average Bonchev–Trinajstić information content (AvgIpc) is 2.98. The molecular formula is C33H25N3O2. The first-order valence-electron chi connectivity index (χ1n) is 12.6. The summed E-state index contributed by atoms with van der Waals surface area (Å²) < 4.78 is 1.60. The third-order valence-corrected chi connectivity index (χ3v) is 6.78. The van der Waals surface area contributed by atoms with Crippen molar-refractivity contribution < 1.29 is 4.79 Å². The second-order valence-electron chi connectivity index (χ2n) is 9.16. The summed E-state index contributed by atoms with van der Waals surface area (Å²) in [6.45, 7) is 0.351. The van der Waals surface area contributed by atoms with Crippen molar-refractivity contribution in [3.8, 4) is 11.3 Å². The molecule has 1 N–H and O–H groups in total. The van der Waals surface area contributed by atoms with Crippen LogP contribution in [0.5, 0.6) is 0 Å². The van der Waals surface area contributed by atoms with Crippen LogP contribution in [0.25, 0.3) is 33.1 Å². The van der Waals surface area contributed by atoms with Crippen LogP contribution in [-0.4, -0.2) is 15.5 Å². The van der Waals surface area contributed by atoms with Gasteiger partial charge in [-0.15, -0.1) is 0 Å². The average molecular weight is 496 g/mol. The van der Waals surface area contributed by atoms with Crippen molar-refractivity contribution in [1.82, 2.24) is 14.9 Å². The molecule has 1 atom stereocenters. The minimum absolute atomic E-state index is 0.261. The van der Waals surface area contributed by atoms with E-state index in [0.29, 0.717) is 28.8 Å². The van der Waals surface area contributed by atoms with Crippen molar-refractivity contribution in [1.29, 1.82) is 0 Å². The number of benzene rings is 5. The fourth-order valence-electron chi connectivity index (χ4n) is 4.96. The molecular weight excluding hydrogens is 470 g/mol. The van der Waals surface area contributed by atoms with Crippen LogP contribution in [-0.2, 0) is 11.3 Å². The van der Waals surface area contributed by atoms with Crippen molar-refractivity contribution in [3.05, 3.63) is 149 Å². The van der Waals surface area contributed by atoms with Gasteiger partial charge in [-0.3, -0.25) is 14.2 Å². The summed E-state index contributed by atoms with van der Waals surface area (Å²) in [6, 6.07) is 39.5. The highest BCUT2D eigenvalue weighted by atomic mass is 16.2. The van der Waals surface area contributed by atoms with Gasteiger partial charge in [0.15, 0.2) is 0 Å². The van der Waals surface area contributed by atoms with E-state index in [1.54, 1.807) is 4.57 Å². The molecule has 1 aromatic heterocycles. The van der Waals surface area contributed by atoms with Crippen LogP contribution in [0.15, 0.2) is 132 Å². The van der Waals surface area contributed by atoms with E-state index in [-0.39, 0.29) is 11.5 Å². The molecule has 0 spiro atoms. The molecule has 1 amide bonds. The molecule has 1 unspecified atom stereocenters. The first-order valence-corrected chi connectivity index (χ1v) is 12.6. The molecule has 0 aliphatic heterocycles. The second kappa shape index (κ2) is 10.1. The van der Waals surface area contributed by atoms with Gasteiger partial charge in [-0.05, 0) is 34.0 Å². The van der Waals surface area contributed by atoms with Crippen LogP contribution in [0.2, 0.25) is 0 Å². The van der Waals surface area contributed by atoms with Gasteiger partial charge in [0.2, 0.25) is 5.91 Å². The molecule has 6 aromatic rings. The predicted molar refractivity (Wildman–Crippen MR) is 152 cm³/mol. The third kappa shape index (κ3) is 4.35. The van der Waals surface area contributed by atoms with Gasteiger partial charge >= 0.3 is 0 Å². The molecule has 1 heterocycles. The summed E-state index contributed by atoms with van der Waals surface area (Å²) in [5.74, 6) is -0.261. The monoisotopic (exact) mass is 495 g/mol. The van der Waals surface area contributed by atoms with Gasteiger partial charge in [0.1, 0.15) is 11.7 Å². The maximum Gasteiger partial charge on any atom is 0.278 e. The fourth-order valence-corrected chi connectivity index (χ4v) is 4.96. The minimum Gasteiger partial charge on any atom is -0.350 e. The van der Waals surface area contributed by atoms with Gasteiger partial charge in [0.25, 0.3) is 5.56 Å². The predicted octanol–water partition coefficient (Wildman–Crippen LogP) is 6.12. The molecule has 0 saturated heterocycles. The molecule has 6 rings (SSSR count). The van der Waals surface area contributed by atoms with Crippen molar-refractivity contribution >= 4 is 27.7 Å². The lowest BCUT2D eigenvalue weighted by Crippen LogP contribution is -2.38. The number of aromatic nitrogens is 2. The largest absolute Gasteiger partial charge is 0.350 e. The molecule has 184 valence electrons. The summed E-state index contributed by atoms with van der Waals surface area (Å²) in [6.07, 6.45) is 0. The minimum atomic E-state index is -0.910. The van der Waals surface area contributed by atoms with Gasteiger partial charge in [0.05, 0.1) is 11.0 Å². The Hall–Kier alpha value is -5.03. The van der Waals surface area contributed by atoms with Crippen LogP contribution in [0, 0.1) is 0 Å². The normalized spacial score (nSPS) is 11.9. The Labute approximate surface area is 220 Å². The lowest BCUT2D eigenvalue weighted by Gasteiger charge is -2.24. The van der Waals surface area contributed by atoms with Crippen LogP contribution >= 0.6 is 0 Å². The molecule has 5 heteroatoms. The molecule has 0 bridgehead atoms. The summed E-state index contributed by atoms with van der Waals surface area (Å²) in [5.41, 5.74) is 3.68. The topological polar surface area (TPSA) is 64.0 Å². The van der Waals surface area contributed by atoms with Crippen molar-refractivity contribution in [2.75, 3.05) is 0 Å². The van der Waals surface area contributed by atoms with E-state index in [4.69, 9.17) is 4.98 Å².